The number of hydrogen-bond acceptors (Lipinski definition) is 4. The Balaban J connectivity index is 1.46. The lowest BCUT2D eigenvalue weighted by molar-refractivity contribution is -0.117. The van der Waals surface area contributed by atoms with Crippen LogP contribution in [0.2, 0.25) is 10.0 Å². The highest BCUT2D eigenvalue weighted by Crippen LogP contribution is 2.65. The third-order valence-corrected chi connectivity index (χ3v) is 8.20. The van der Waals surface area contributed by atoms with Crippen molar-refractivity contribution in [3.8, 4) is 6.07 Å². The predicted octanol–water partition coefficient (Wildman–Crippen LogP) is 7.59. The molecular formula is C25H15BrCl4FN3O2. The molecule has 0 saturated heterocycles. The quantitative estimate of drug-likeness (QED) is 0.208. The lowest BCUT2D eigenvalue weighted by Crippen LogP contribution is -2.18. The molecule has 1 aliphatic rings. The van der Waals surface area contributed by atoms with E-state index in [4.69, 9.17) is 51.7 Å². The zero-order valence-electron chi connectivity index (χ0n) is 18.1. The van der Waals surface area contributed by atoms with Crippen molar-refractivity contribution < 1.29 is 14.0 Å². The highest BCUT2D eigenvalue weighted by molar-refractivity contribution is 9.10. The van der Waals surface area contributed by atoms with Gasteiger partial charge in [-0.1, -0.05) is 29.3 Å². The highest BCUT2D eigenvalue weighted by atomic mass is 79.9. The Bertz CT molecular complexity index is 1430. The van der Waals surface area contributed by atoms with Gasteiger partial charge in [0.05, 0.1) is 33.8 Å². The number of rotatable bonds is 7. The minimum absolute atomic E-state index is 0.0623. The molecule has 11 heteroatoms. The van der Waals surface area contributed by atoms with Crippen molar-refractivity contribution >= 4 is 85.4 Å². The van der Waals surface area contributed by atoms with Crippen LogP contribution in [0.15, 0.2) is 59.1 Å². The molecule has 2 N–H and O–H groups in total. The Hall–Kier alpha value is -2.34. The zero-order chi connectivity index (χ0) is 26.2. The van der Waals surface area contributed by atoms with Gasteiger partial charge < -0.3 is 10.6 Å². The minimum atomic E-state index is -1.31. The molecule has 2 unspecified atom stereocenters. The first-order valence-corrected chi connectivity index (χ1v) is 12.7. The molecule has 1 amide bonds. The van der Waals surface area contributed by atoms with E-state index in [1.807, 2.05) is 6.07 Å². The van der Waals surface area contributed by atoms with Crippen molar-refractivity contribution in [1.29, 1.82) is 5.26 Å². The molecule has 0 aliphatic heterocycles. The number of alkyl halides is 2. The van der Waals surface area contributed by atoms with E-state index in [2.05, 4.69) is 26.6 Å². The van der Waals surface area contributed by atoms with Gasteiger partial charge in [-0.05, 0) is 70.0 Å². The first-order chi connectivity index (χ1) is 17.0. The van der Waals surface area contributed by atoms with Gasteiger partial charge in [0, 0.05) is 21.6 Å². The van der Waals surface area contributed by atoms with Gasteiger partial charge >= 0.3 is 0 Å². The van der Waals surface area contributed by atoms with Crippen molar-refractivity contribution in [3.05, 3.63) is 91.6 Å². The van der Waals surface area contributed by atoms with E-state index in [9.17, 15) is 14.0 Å². The second-order valence-electron chi connectivity index (χ2n) is 8.07. The van der Waals surface area contributed by atoms with Crippen LogP contribution in [-0.2, 0) is 4.79 Å². The molecule has 0 radical (unpaired) electrons. The number of nitrogens with zero attached hydrogens (tertiary/aromatic N) is 1. The predicted molar refractivity (Wildman–Crippen MR) is 144 cm³/mol. The molecule has 0 aromatic heterocycles. The Morgan fingerprint density at radius 3 is 2.47 bits per heavy atom. The molecule has 3 aromatic rings. The number of carbonyl (C=O) groups excluding carboxylic acids is 2. The number of nitrogens with one attached hydrogen (secondary N) is 2. The van der Waals surface area contributed by atoms with Crippen LogP contribution in [0, 0.1) is 23.1 Å². The van der Waals surface area contributed by atoms with E-state index in [-0.39, 0.29) is 22.7 Å². The maximum Gasteiger partial charge on any atom is 0.231 e. The SMILES string of the molecule is N#Cc1cc(F)ccc1NCC(=O)c1cc(NC(=O)C2C(c3ccc(Cl)c(Br)c3)C2(Cl)Cl)ccc1Cl. The van der Waals surface area contributed by atoms with Crippen LogP contribution in [0.25, 0.3) is 0 Å². The number of anilines is 2. The normalized spacial score (nSPS) is 17.7. The summed E-state index contributed by atoms with van der Waals surface area (Å²) >= 11 is 28.5. The summed E-state index contributed by atoms with van der Waals surface area (Å²) in [5.41, 5.74) is 1.61. The Morgan fingerprint density at radius 1 is 1.06 bits per heavy atom. The summed E-state index contributed by atoms with van der Waals surface area (Å²) in [7, 11) is 0. The Kier molecular flexibility index (Phi) is 7.84. The van der Waals surface area contributed by atoms with Crippen molar-refractivity contribution in [2.24, 2.45) is 5.92 Å². The average molecular weight is 630 g/mol. The van der Waals surface area contributed by atoms with Crippen LogP contribution < -0.4 is 10.6 Å². The molecule has 1 saturated carbocycles. The highest BCUT2D eigenvalue weighted by Gasteiger charge is 2.67. The Labute approximate surface area is 234 Å². The van der Waals surface area contributed by atoms with Crippen LogP contribution in [-0.4, -0.2) is 22.6 Å². The summed E-state index contributed by atoms with van der Waals surface area (Å²) in [6.45, 7) is -0.208. The van der Waals surface area contributed by atoms with Gasteiger partial charge in [-0.2, -0.15) is 5.26 Å². The van der Waals surface area contributed by atoms with Gasteiger partial charge in [-0.3, -0.25) is 9.59 Å². The maximum absolute atomic E-state index is 13.3. The average Bonchev–Trinajstić information content (AvgIpc) is 3.42. The van der Waals surface area contributed by atoms with E-state index in [1.165, 1.54) is 24.3 Å². The second kappa shape index (κ2) is 10.6. The van der Waals surface area contributed by atoms with Crippen molar-refractivity contribution in [2.75, 3.05) is 17.2 Å². The van der Waals surface area contributed by atoms with Crippen molar-refractivity contribution in [1.82, 2.24) is 0 Å². The fourth-order valence-electron chi connectivity index (χ4n) is 3.84. The molecule has 1 fully saturated rings. The first kappa shape index (κ1) is 26.7. The van der Waals surface area contributed by atoms with Gasteiger partial charge in [0.15, 0.2) is 5.78 Å². The zero-order valence-corrected chi connectivity index (χ0v) is 22.7. The summed E-state index contributed by atoms with van der Waals surface area (Å²) in [6, 6.07) is 15.2. The minimum Gasteiger partial charge on any atom is -0.377 e. The van der Waals surface area contributed by atoms with E-state index >= 15 is 0 Å². The lowest BCUT2D eigenvalue weighted by Gasteiger charge is -2.11. The number of halogens is 6. The van der Waals surface area contributed by atoms with Crippen LogP contribution in [0.3, 0.4) is 0 Å². The van der Waals surface area contributed by atoms with Gasteiger partial charge in [0.25, 0.3) is 0 Å². The van der Waals surface area contributed by atoms with Gasteiger partial charge in [-0.25, -0.2) is 4.39 Å². The number of hydrogen-bond donors (Lipinski definition) is 2. The number of amides is 1. The van der Waals surface area contributed by atoms with E-state index in [1.54, 1.807) is 24.3 Å². The number of carbonyl (C=O) groups is 2. The largest absolute Gasteiger partial charge is 0.377 e. The van der Waals surface area contributed by atoms with Crippen LogP contribution in [0.1, 0.15) is 27.4 Å². The first-order valence-electron chi connectivity index (χ1n) is 10.4. The lowest BCUT2D eigenvalue weighted by atomic mass is 10.1. The summed E-state index contributed by atoms with van der Waals surface area (Å²) in [4.78, 5) is 25.8. The third kappa shape index (κ3) is 5.49. The van der Waals surface area contributed by atoms with E-state index in [0.717, 1.165) is 11.6 Å². The van der Waals surface area contributed by atoms with Crippen molar-refractivity contribution in [3.63, 3.8) is 0 Å². The smallest absolute Gasteiger partial charge is 0.231 e. The molecule has 1 aliphatic carbocycles. The molecule has 0 heterocycles. The molecule has 3 aromatic carbocycles. The number of nitriles is 1. The number of Topliss-reactive ketones (excluding diaryl/α,β-unsaturated/α-hetero) is 1. The topological polar surface area (TPSA) is 82.0 Å². The standard InChI is InChI=1S/C25H15BrCl4FN3O2/c26-17-8-12(1-4-19(17)28)22-23(25(22,29)30)24(36)34-15-3-5-18(27)16(9-15)21(35)11-33-20-6-2-14(31)7-13(20)10-32/h1-9,22-23,33H,11H2,(H,34,36). The Morgan fingerprint density at radius 2 is 1.78 bits per heavy atom. The van der Waals surface area contributed by atoms with Crippen molar-refractivity contribution in [2.45, 2.75) is 10.3 Å². The molecule has 2 atom stereocenters. The number of benzene rings is 3. The summed E-state index contributed by atoms with van der Waals surface area (Å²) in [5, 5.41) is 15.4. The van der Waals surface area contributed by atoms with Crippen LogP contribution in [0.4, 0.5) is 15.8 Å². The van der Waals surface area contributed by atoms with Gasteiger partial charge in [0.2, 0.25) is 5.91 Å². The molecule has 0 bridgehead atoms. The van der Waals surface area contributed by atoms with Crippen LogP contribution >= 0.6 is 62.3 Å². The fourth-order valence-corrected chi connectivity index (χ4v) is 5.41. The molecule has 36 heavy (non-hydrogen) atoms. The van der Waals surface area contributed by atoms with Gasteiger partial charge in [-0.15, -0.1) is 23.2 Å². The summed E-state index contributed by atoms with van der Waals surface area (Å²) < 4.78 is 12.7. The second-order valence-corrected chi connectivity index (χ2v) is 11.2. The van der Waals surface area contributed by atoms with E-state index < -0.39 is 33.7 Å². The number of ketones is 1. The molecule has 4 rings (SSSR count). The molecule has 0 spiro atoms. The third-order valence-electron chi connectivity index (χ3n) is 5.71. The maximum atomic E-state index is 13.3. The summed E-state index contributed by atoms with van der Waals surface area (Å²) in [5.74, 6) is -2.55. The van der Waals surface area contributed by atoms with Crippen LogP contribution in [0.5, 0.6) is 0 Å². The molecular weight excluding hydrogens is 615 g/mol. The molecule has 184 valence electrons. The van der Waals surface area contributed by atoms with Gasteiger partial charge in [0.1, 0.15) is 16.2 Å². The monoisotopic (exact) mass is 627 g/mol. The fraction of sp³-hybridized carbons (Fsp3) is 0.160. The summed E-state index contributed by atoms with van der Waals surface area (Å²) in [6.07, 6.45) is 0. The van der Waals surface area contributed by atoms with E-state index in [0.29, 0.717) is 20.9 Å². The molecule has 5 nitrogen and oxygen atoms in total.